The van der Waals surface area contributed by atoms with Crippen LogP contribution in [0, 0.1) is 5.82 Å². The van der Waals surface area contributed by atoms with E-state index in [0.29, 0.717) is 13.0 Å². The van der Waals surface area contributed by atoms with E-state index in [9.17, 15) is 9.18 Å². The van der Waals surface area contributed by atoms with Crippen LogP contribution in [0.25, 0.3) is 0 Å². The van der Waals surface area contributed by atoms with Gasteiger partial charge in [-0.3, -0.25) is 4.79 Å². The summed E-state index contributed by atoms with van der Waals surface area (Å²) >= 11 is 0. The predicted octanol–water partition coefficient (Wildman–Crippen LogP) is 1.61. The minimum absolute atomic E-state index is 0.0577. The molecule has 0 saturated carbocycles. The Hall–Kier alpha value is -1.46. The fourth-order valence-electron chi connectivity index (χ4n) is 3.13. The molecule has 5 heteroatoms. The van der Waals surface area contributed by atoms with Crippen molar-refractivity contribution in [2.24, 2.45) is 5.73 Å². The summed E-state index contributed by atoms with van der Waals surface area (Å²) in [5.41, 5.74) is 7.00. The first kappa shape index (κ1) is 13.5. The maximum atomic E-state index is 13.0. The fourth-order valence-corrected chi connectivity index (χ4v) is 3.13. The highest BCUT2D eigenvalue weighted by atomic mass is 19.1. The van der Waals surface area contributed by atoms with Crippen molar-refractivity contribution in [3.05, 3.63) is 35.6 Å². The lowest BCUT2D eigenvalue weighted by Gasteiger charge is -2.29. The highest BCUT2D eigenvalue weighted by molar-refractivity contribution is 5.80. The van der Waals surface area contributed by atoms with Crippen LogP contribution >= 0.6 is 0 Å². The molecule has 0 aromatic heterocycles. The zero-order valence-electron chi connectivity index (χ0n) is 11.3. The molecule has 1 aromatic carbocycles. The fraction of sp³-hybridized carbons (Fsp3) is 0.533. The molecule has 3 unspecified atom stereocenters. The molecule has 2 N–H and O–H groups in total. The number of nitrogens with zero attached hydrogens (tertiary/aromatic N) is 1. The summed E-state index contributed by atoms with van der Waals surface area (Å²) in [6.07, 6.45) is 2.47. The molecule has 1 aromatic rings. The number of carbonyl (C=O) groups is 1. The smallest absolute Gasteiger partial charge is 0.224 e. The highest BCUT2D eigenvalue weighted by Gasteiger charge is 2.40. The van der Waals surface area contributed by atoms with Gasteiger partial charge >= 0.3 is 0 Å². The van der Waals surface area contributed by atoms with Gasteiger partial charge in [-0.15, -0.1) is 0 Å². The van der Waals surface area contributed by atoms with Gasteiger partial charge in [-0.25, -0.2) is 4.39 Å². The van der Waals surface area contributed by atoms with E-state index < -0.39 is 0 Å². The Kier molecular flexibility index (Phi) is 3.72. The quantitative estimate of drug-likeness (QED) is 0.914. The number of likely N-dealkylation sites (tertiary alicyclic amines) is 1. The third-order valence-corrected chi connectivity index (χ3v) is 4.11. The van der Waals surface area contributed by atoms with E-state index in [2.05, 4.69) is 0 Å². The molecule has 2 heterocycles. The van der Waals surface area contributed by atoms with Crippen molar-refractivity contribution in [2.75, 3.05) is 13.2 Å². The number of ether oxygens (including phenoxy) is 1. The molecule has 3 atom stereocenters. The van der Waals surface area contributed by atoms with E-state index in [-0.39, 0.29) is 29.9 Å². The zero-order valence-corrected chi connectivity index (χ0v) is 11.3. The van der Waals surface area contributed by atoms with Crippen molar-refractivity contribution < 1.29 is 13.9 Å². The first-order valence-electron chi connectivity index (χ1n) is 7.07. The topological polar surface area (TPSA) is 55.6 Å². The molecule has 2 fully saturated rings. The number of halogens is 1. The van der Waals surface area contributed by atoms with Crippen LogP contribution in [0.5, 0.6) is 0 Å². The number of benzene rings is 1. The van der Waals surface area contributed by atoms with Crippen molar-refractivity contribution in [2.45, 2.75) is 37.5 Å². The monoisotopic (exact) mass is 278 g/mol. The van der Waals surface area contributed by atoms with E-state index in [4.69, 9.17) is 10.5 Å². The Morgan fingerprint density at radius 2 is 2.10 bits per heavy atom. The number of carbonyl (C=O) groups excluding carboxylic acids is 1. The van der Waals surface area contributed by atoms with Crippen LogP contribution in [0.4, 0.5) is 4.39 Å². The third kappa shape index (κ3) is 2.55. The summed E-state index contributed by atoms with van der Waals surface area (Å²) < 4.78 is 18.6. The first-order chi connectivity index (χ1) is 9.65. The lowest BCUT2D eigenvalue weighted by Crippen LogP contribution is -2.38. The van der Waals surface area contributed by atoms with Crippen molar-refractivity contribution in [3.8, 4) is 0 Å². The number of amides is 1. The third-order valence-electron chi connectivity index (χ3n) is 4.11. The minimum atomic E-state index is -0.280. The molecule has 1 amide bonds. The van der Waals surface area contributed by atoms with Gasteiger partial charge in [0.25, 0.3) is 0 Å². The van der Waals surface area contributed by atoms with Crippen LogP contribution in [0.1, 0.15) is 30.9 Å². The van der Waals surface area contributed by atoms with Gasteiger partial charge in [0.1, 0.15) is 5.82 Å². The maximum absolute atomic E-state index is 13.0. The average molecular weight is 278 g/mol. The lowest BCUT2D eigenvalue weighted by molar-refractivity contribution is -0.130. The average Bonchev–Trinajstić information content (AvgIpc) is 3.01. The van der Waals surface area contributed by atoms with Crippen LogP contribution in [-0.4, -0.2) is 36.1 Å². The molecular formula is C15H19FN2O2. The van der Waals surface area contributed by atoms with Gasteiger partial charge in [0.05, 0.1) is 12.1 Å². The molecule has 2 aliphatic heterocycles. The second-order valence-electron chi connectivity index (χ2n) is 5.55. The predicted molar refractivity (Wildman–Crippen MR) is 72.4 cm³/mol. The van der Waals surface area contributed by atoms with Gasteiger partial charge in [-0.2, -0.15) is 0 Å². The molecule has 0 aliphatic carbocycles. The number of rotatable bonds is 3. The van der Waals surface area contributed by atoms with Gasteiger partial charge < -0.3 is 15.4 Å². The van der Waals surface area contributed by atoms with Crippen LogP contribution in [-0.2, 0) is 9.53 Å². The largest absolute Gasteiger partial charge is 0.376 e. The van der Waals surface area contributed by atoms with E-state index in [1.165, 1.54) is 12.1 Å². The molecule has 4 nitrogen and oxygen atoms in total. The second kappa shape index (κ2) is 5.50. The van der Waals surface area contributed by atoms with E-state index in [0.717, 1.165) is 25.0 Å². The summed E-state index contributed by atoms with van der Waals surface area (Å²) in [4.78, 5) is 13.9. The van der Waals surface area contributed by atoms with Crippen molar-refractivity contribution in [1.29, 1.82) is 0 Å². The number of hydrogen-bond donors (Lipinski definition) is 1. The molecule has 20 heavy (non-hydrogen) atoms. The second-order valence-corrected chi connectivity index (χ2v) is 5.55. The molecule has 0 bridgehead atoms. The van der Waals surface area contributed by atoms with Gasteiger partial charge in [0.2, 0.25) is 5.91 Å². The van der Waals surface area contributed by atoms with E-state index >= 15 is 0 Å². The molecular weight excluding hydrogens is 259 g/mol. The van der Waals surface area contributed by atoms with Gasteiger partial charge in [-0.05, 0) is 30.5 Å². The summed E-state index contributed by atoms with van der Waals surface area (Å²) in [6, 6.07) is 5.83. The van der Waals surface area contributed by atoms with Crippen molar-refractivity contribution in [3.63, 3.8) is 0 Å². The van der Waals surface area contributed by atoms with Crippen LogP contribution in [0.15, 0.2) is 24.3 Å². The molecule has 2 aliphatic rings. The normalized spacial score (nSPS) is 30.2. The summed E-state index contributed by atoms with van der Waals surface area (Å²) in [5, 5.41) is 0. The SMILES string of the molecule is NC1CC(=O)N(CC2CCCO2)C1c1ccc(F)cc1. The summed E-state index contributed by atoms with van der Waals surface area (Å²) in [6.45, 7) is 1.34. The highest BCUT2D eigenvalue weighted by Crippen LogP contribution is 2.33. The van der Waals surface area contributed by atoms with Crippen LogP contribution < -0.4 is 5.73 Å². The Morgan fingerprint density at radius 1 is 1.35 bits per heavy atom. The molecule has 0 spiro atoms. The lowest BCUT2D eigenvalue weighted by atomic mass is 10.0. The number of nitrogens with two attached hydrogens (primary N) is 1. The standard InChI is InChI=1S/C15H19FN2O2/c16-11-5-3-10(4-6-11)15-13(17)8-14(19)18(15)9-12-2-1-7-20-12/h3-6,12-13,15H,1-2,7-9,17H2. The molecule has 108 valence electrons. The first-order valence-corrected chi connectivity index (χ1v) is 7.07. The Morgan fingerprint density at radius 3 is 2.75 bits per heavy atom. The van der Waals surface area contributed by atoms with E-state index in [1.807, 2.05) is 0 Å². The molecule has 3 rings (SSSR count). The zero-order chi connectivity index (χ0) is 14.1. The van der Waals surface area contributed by atoms with Gasteiger partial charge in [0.15, 0.2) is 0 Å². The maximum Gasteiger partial charge on any atom is 0.224 e. The summed E-state index contributed by atoms with van der Waals surface area (Å²) in [7, 11) is 0. The van der Waals surface area contributed by atoms with Crippen LogP contribution in [0.2, 0.25) is 0 Å². The molecule has 0 radical (unpaired) electrons. The van der Waals surface area contributed by atoms with Gasteiger partial charge in [-0.1, -0.05) is 12.1 Å². The summed E-state index contributed by atoms with van der Waals surface area (Å²) in [5.74, 6) is -0.223. The van der Waals surface area contributed by atoms with Crippen molar-refractivity contribution >= 4 is 5.91 Å². The van der Waals surface area contributed by atoms with E-state index in [1.54, 1.807) is 17.0 Å². The van der Waals surface area contributed by atoms with Gasteiger partial charge in [0, 0.05) is 25.6 Å². The van der Waals surface area contributed by atoms with Crippen molar-refractivity contribution in [1.82, 2.24) is 4.90 Å². The van der Waals surface area contributed by atoms with Crippen LogP contribution in [0.3, 0.4) is 0 Å². The Balaban J connectivity index is 1.81. The minimum Gasteiger partial charge on any atom is -0.376 e. The Bertz CT molecular complexity index is 485. The molecule has 2 saturated heterocycles. The Labute approximate surface area is 117 Å². The number of hydrogen-bond acceptors (Lipinski definition) is 3.